The molecule has 0 aliphatic heterocycles. The Morgan fingerprint density at radius 1 is 1.17 bits per heavy atom. The Hall–Kier alpha value is -3.17. The molecule has 0 bridgehead atoms. The monoisotopic (exact) mass is 448 g/mol. The van der Waals surface area contributed by atoms with Crippen LogP contribution in [0.2, 0.25) is 5.02 Å². The van der Waals surface area contributed by atoms with Crippen molar-refractivity contribution in [1.82, 2.24) is 15.0 Å². The molecule has 1 aromatic heterocycles. The minimum atomic E-state index is -0.503. The highest BCUT2D eigenvalue weighted by Crippen LogP contribution is 2.23. The number of halogens is 2. The maximum absolute atomic E-state index is 13.1. The number of carbonyl (C=O) groups is 2. The van der Waals surface area contributed by atoms with Crippen molar-refractivity contribution in [3.8, 4) is 5.75 Å². The second-order valence-corrected chi connectivity index (χ2v) is 7.41. The zero-order valence-electron chi connectivity index (χ0n) is 15.9. The summed E-state index contributed by atoms with van der Waals surface area (Å²) >= 11 is 6.78. The second kappa shape index (κ2) is 9.55. The van der Waals surface area contributed by atoms with E-state index in [1.807, 2.05) is 12.1 Å². The summed E-state index contributed by atoms with van der Waals surface area (Å²) in [7, 11) is 1.56. The molecule has 0 atom stereocenters. The normalized spacial score (nSPS) is 10.5. The van der Waals surface area contributed by atoms with Crippen molar-refractivity contribution < 1.29 is 18.7 Å². The van der Waals surface area contributed by atoms with E-state index in [9.17, 15) is 14.0 Å². The van der Waals surface area contributed by atoms with E-state index in [0.717, 1.165) is 23.2 Å². The first-order valence-electron chi connectivity index (χ1n) is 8.77. The summed E-state index contributed by atoms with van der Waals surface area (Å²) in [5.41, 5.74) is 7.33. The molecule has 156 valence electrons. The van der Waals surface area contributed by atoms with Gasteiger partial charge in [-0.2, -0.15) is 4.37 Å². The van der Waals surface area contributed by atoms with E-state index in [-0.39, 0.29) is 34.4 Å². The molecule has 2 amide bonds. The molecule has 0 aliphatic carbocycles. The molecule has 0 radical (unpaired) electrons. The number of amides is 2. The van der Waals surface area contributed by atoms with Crippen LogP contribution in [0.15, 0.2) is 42.5 Å². The molecule has 3 aromatic rings. The predicted octanol–water partition coefficient (Wildman–Crippen LogP) is 3.39. The molecule has 30 heavy (non-hydrogen) atoms. The van der Waals surface area contributed by atoms with Crippen molar-refractivity contribution in [2.75, 3.05) is 12.8 Å². The van der Waals surface area contributed by atoms with E-state index in [0.29, 0.717) is 11.3 Å². The highest BCUT2D eigenvalue weighted by molar-refractivity contribution is 7.09. The van der Waals surface area contributed by atoms with Gasteiger partial charge in [0.15, 0.2) is 5.69 Å². The van der Waals surface area contributed by atoms with E-state index in [4.69, 9.17) is 22.1 Å². The second-order valence-electron chi connectivity index (χ2n) is 6.23. The molecule has 0 aliphatic rings. The van der Waals surface area contributed by atoms with Gasteiger partial charge in [-0.3, -0.25) is 9.59 Å². The van der Waals surface area contributed by atoms with Crippen LogP contribution in [0.4, 0.5) is 10.1 Å². The third-order valence-corrected chi connectivity index (χ3v) is 5.40. The molecular weight excluding hydrogens is 431 g/mol. The lowest BCUT2D eigenvalue weighted by atomic mass is 10.2. The number of aromatic nitrogens is 1. The Bertz CT molecular complexity index is 1090. The van der Waals surface area contributed by atoms with Gasteiger partial charge in [-0.1, -0.05) is 29.8 Å². The number of nitrogens with two attached hydrogens (primary N) is 1. The van der Waals surface area contributed by atoms with Crippen LogP contribution in [0.1, 0.15) is 31.3 Å². The van der Waals surface area contributed by atoms with Crippen molar-refractivity contribution in [2.45, 2.75) is 13.1 Å². The number of nitrogens with zero attached hydrogens (tertiary/aromatic N) is 1. The smallest absolute Gasteiger partial charge is 0.273 e. The first-order chi connectivity index (χ1) is 14.4. The Morgan fingerprint density at radius 2 is 1.93 bits per heavy atom. The Labute approximate surface area is 181 Å². The number of hydrogen-bond acceptors (Lipinski definition) is 6. The van der Waals surface area contributed by atoms with Crippen LogP contribution in [-0.2, 0) is 13.1 Å². The standard InChI is InChI=1S/C20H18ClFN4O3S/c1-29-14-4-2-3-11(7-14)9-24-19(27)17-16(23)18(30-26-17)20(28)25-10-12-5-6-13(22)8-15(12)21/h2-8H,9-10,23H2,1H3,(H,24,27)(H,25,28). The minimum absolute atomic E-state index is 0.00848. The molecule has 0 unspecified atom stereocenters. The van der Waals surface area contributed by atoms with Gasteiger partial charge in [0.05, 0.1) is 12.8 Å². The van der Waals surface area contributed by atoms with Crippen molar-refractivity contribution in [3.63, 3.8) is 0 Å². The van der Waals surface area contributed by atoms with Gasteiger partial charge < -0.3 is 21.1 Å². The predicted molar refractivity (Wildman–Crippen MR) is 113 cm³/mol. The van der Waals surface area contributed by atoms with E-state index >= 15 is 0 Å². The molecule has 7 nitrogen and oxygen atoms in total. The largest absolute Gasteiger partial charge is 0.497 e. The van der Waals surface area contributed by atoms with Gasteiger partial charge >= 0.3 is 0 Å². The molecule has 3 rings (SSSR count). The molecule has 0 spiro atoms. The maximum atomic E-state index is 13.1. The number of methoxy groups -OCH3 is 1. The van der Waals surface area contributed by atoms with Crippen LogP contribution in [0, 0.1) is 5.82 Å². The first kappa shape index (κ1) is 21.5. The molecule has 2 aromatic carbocycles. The number of carbonyl (C=O) groups excluding carboxylic acids is 2. The average Bonchev–Trinajstić information content (AvgIpc) is 3.13. The fraction of sp³-hybridized carbons (Fsp3) is 0.150. The molecule has 0 fully saturated rings. The molecular formula is C20H18ClFN4O3S. The lowest BCUT2D eigenvalue weighted by Gasteiger charge is -2.07. The first-order valence-corrected chi connectivity index (χ1v) is 9.92. The summed E-state index contributed by atoms with van der Waals surface area (Å²) in [6, 6.07) is 11.1. The lowest BCUT2D eigenvalue weighted by molar-refractivity contribution is 0.0946. The van der Waals surface area contributed by atoms with Crippen molar-refractivity contribution in [3.05, 3.63) is 75.0 Å². The number of hydrogen-bond donors (Lipinski definition) is 3. The molecule has 1 heterocycles. The SMILES string of the molecule is COc1cccc(CNC(=O)c2nsc(C(=O)NCc3ccc(F)cc3Cl)c2N)c1. The van der Waals surface area contributed by atoms with E-state index in [2.05, 4.69) is 15.0 Å². The van der Waals surface area contributed by atoms with Gasteiger partial charge in [-0.25, -0.2) is 4.39 Å². The zero-order chi connectivity index (χ0) is 21.7. The fourth-order valence-corrected chi connectivity index (χ4v) is 3.54. The summed E-state index contributed by atoms with van der Waals surface area (Å²) in [6.45, 7) is 0.324. The minimum Gasteiger partial charge on any atom is -0.497 e. The fourth-order valence-electron chi connectivity index (χ4n) is 2.59. The number of ether oxygens (including phenoxy) is 1. The third-order valence-electron chi connectivity index (χ3n) is 4.19. The molecule has 0 saturated heterocycles. The summed E-state index contributed by atoms with van der Waals surface area (Å²) in [5.74, 6) is -0.786. The van der Waals surface area contributed by atoms with Crippen molar-refractivity contribution in [1.29, 1.82) is 0 Å². The van der Waals surface area contributed by atoms with E-state index in [1.54, 1.807) is 19.2 Å². The summed E-state index contributed by atoms with van der Waals surface area (Å²) < 4.78 is 22.3. The van der Waals surface area contributed by atoms with E-state index in [1.165, 1.54) is 12.1 Å². The van der Waals surface area contributed by atoms with Crippen LogP contribution in [0.3, 0.4) is 0 Å². The van der Waals surface area contributed by atoms with Crippen molar-refractivity contribution >= 4 is 40.6 Å². The highest BCUT2D eigenvalue weighted by Gasteiger charge is 2.22. The third kappa shape index (κ3) is 5.05. The van der Waals surface area contributed by atoms with Gasteiger partial charge in [-0.15, -0.1) is 0 Å². The van der Waals surface area contributed by atoms with E-state index < -0.39 is 17.6 Å². The highest BCUT2D eigenvalue weighted by atomic mass is 35.5. The Morgan fingerprint density at radius 3 is 2.67 bits per heavy atom. The summed E-state index contributed by atoms with van der Waals surface area (Å²) in [4.78, 5) is 25.0. The van der Waals surface area contributed by atoms with Crippen LogP contribution in [-0.4, -0.2) is 23.3 Å². The number of rotatable bonds is 7. The lowest BCUT2D eigenvalue weighted by Crippen LogP contribution is -2.25. The van der Waals surface area contributed by atoms with Gasteiger partial charge in [0.25, 0.3) is 11.8 Å². The number of anilines is 1. The number of nitrogens with one attached hydrogen (secondary N) is 2. The summed E-state index contributed by atoms with van der Waals surface area (Å²) in [6.07, 6.45) is 0. The molecule has 10 heteroatoms. The van der Waals surface area contributed by atoms with Gasteiger partial charge in [0, 0.05) is 18.1 Å². The average molecular weight is 449 g/mol. The van der Waals surface area contributed by atoms with Crippen LogP contribution in [0.25, 0.3) is 0 Å². The van der Waals surface area contributed by atoms with Crippen molar-refractivity contribution in [2.24, 2.45) is 0 Å². The zero-order valence-corrected chi connectivity index (χ0v) is 17.4. The summed E-state index contributed by atoms with van der Waals surface area (Å²) in [5, 5.41) is 5.55. The van der Waals surface area contributed by atoms with Crippen LogP contribution in [0.5, 0.6) is 5.75 Å². The van der Waals surface area contributed by atoms with Gasteiger partial charge in [-0.05, 0) is 46.9 Å². The maximum Gasteiger partial charge on any atom is 0.273 e. The Kier molecular flexibility index (Phi) is 6.86. The van der Waals surface area contributed by atoms with Gasteiger partial charge in [0.1, 0.15) is 16.4 Å². The van der Waals surface area contributed by atoms with Gasteiger partial charge in [0.2, 0.25) is 0 Å². The number of nitrogen functional groups attached to an aromatic ring is 1. The number of benzene rings is 2. The molecule has 4 N–H and O–H groups in total. The Balaban J connectivity index is 1.62. The van der Waals surface area contributed by atoms with Crippen LogP contribution < -0.4 is 21.1 Å². The molecule has 0 saturated carbocycles. The van der Waals surface area contributed by atoms with Crippen LogP contribution >= 0.6 is 23.1 Å². The quantitative estimate of drug-likeness (QED) is 0.513. The topological polar surface area (TPSA) is 106 Å².